The van der Waals surface area contributed by atoms with Gasteiger partial charge in [-0.3, -0.25) is 4.90 Å². The number of carboxylic acid groups (broad SMARTS) is 1. The second-order valence-corrected chi connectivity index (χ2v) is 5.59. The van der Waals surface area contributed by atoms with Gasteiger partial charge in [0.05, 0.1) is 9.88 Å². The van der Waals surface area contributed by atoms with Crippen molar-refractivity contribution in [3.05, 3.63) is 15.6 Å². The third-order valence-electron chi connectivity index (χ3n) is 3.05. The Morgan fingerprint density at radius 1 is 1.50 bits per heavy atom. The molecular weight excluding hydrogens is 250 g/mol. The van der Waals surface area contributed by atoms with Gasteiger partial charge in [-0.2, -0.15) is 0 Å². The summed E-state index contributed by atoms with van der Waals surface area (Å²) in [5.74, 6) is -0.908. The summed E-state index contributed by atoms with van der Waals surface area (Å²) in [5, 5.41) is 13.4. The van der Waals surface area contributed by atoms with Crippen LogP contribution in [0.5, 0.6) is 0 Å². The van der Waals surface area contributed by atoms with Crippen LogP contribution in [0.4, 0.5) is 0 Å². The number of aryl methyl sites for hydroxylation is 1. The average Bonchev–Trinajstić information content (AvgIpc) is 2.58. The molecule has 1 fully saturated rings. The van der Waals surface area contributed by atoms with Crippen molar-refractivity contribution in [1.29, 1.82) is 0 Å². The summed E-state index contributed by atoms with van der Waals surface area (Å²) in [6.45, 7) is 6.72. The summed E-state index contributed by atoms with van der Waals surface area (Å²) in [6, 6.07) is 0. The summed E-state index contributed by atoms with van der Waals surface area (Å²) in [6.07, 6.45) is 1.91. The number of nitrogens with zero attached hydrogens (tertiary/aromatic N) is 2. The van der Waals surface area contributed by atoms with Crippen molar-refractivity contribution < 1.29 is 9.90 Å². The van der Waals surface area contributed by atoms with Crippen molar-refractivity contribution in [3.63, 3.8) is 0 Å². The van der Waals surface area contributed by atoms with E-state index in [9.17, 15) is 9.90 Å². The van der Waals surface area contributed by atoms with Gasteiger partial charge in [-0.25, -0.2) is 9.78 Å². The Morgan fingerprint density at radius 3 is 3.06 bits per heavy atom. The minimum absolute atomic E-state index is 0.244. The molecule has 2 heterocycles. The normalized spacial score (nSPS) is 17.6. The Balaban J connectivity index is 2.11. The fourth-order valence-electron chi connectivity index (χ4n) is 2.09. The van der Waals surface area contributed by atoms with Crippen molar-refractivity contribution in [3.8, 4) is 0 Å². The molecule has 1 aliphatic heterocycles. The van der Waals surface area contributed by atoms with Crippen molar-refractivity contribution in [2.75, 3.05) is 26.2 Å². The zero-order chi connectivity index (χ0) is 13.0. The van der Waals surface area contributed by atoms with Gasteiger partial charge >= 0.3 is 5.97 Å². The van der Waals surface area contributed by atoms with Crippen LogP contribution in [-0.4, -0.2) is 47.1 Å². The van der Waals surface area contributed by atoms with E-state index in [4.69, 9.17) is 0 Å². The fourth-order valence-corrected chi connectivity index (χ4v) is 3.13. The highest BCUT2D eigenvalue weighted by molar-refractivity contribution is 7.11. The van der Waals surface area contributed by atoms with Crippen LogP contribution in [0.1, 0.15) is 33.7 Å². The van der Waals surface area contributed by atoms with Gasteiger partial charge in [-0.1, -0.05) is 6.92 Å². The molecule has 1 aromatic rings. The van der Waals surface area contributed by atoms with E-state index in [0.29, 0.717) is 6.54 Å². The first-order chi connectivity index (χ1) is 8.70. The summed E-state index contributed by atoms with van der Waals surface area (Å²) in [5.41, 5.74) is 0.244. The van der Waals surface area contributed by atoms with Gasteiger partial charge in [-0.15, -0.1) is 11.3 Å². The number of hydrogen-bond donors (Lipinski definition) is 2. The molecule has 5 nitrogen and oxygen atoms in total. The van der Waals surface area contributed by atoms with Crippen LogP contribution in [0.2, 0.25) is 0 Å². The number of carbonyl (C=O) groups is 1. The standard InChI is InChI=1S/C12H19N3O2S/c1-2-10-14-11(12(16)17)9(18-10)8-15-6-3-4-13-5-7-15/h13H,2-8H2,1H3,(H,16,17). The van der Waals surface area contributed by atoms with Gasteiger partial charge in [0, 0.05) is 19.6 Å². The van der Waals surface area contributed by atoms with E-state index in [1.54, 1.807) is 0 Å². The van der Waals surface area contributed by atoms with Gasteiger partial charge in [0.1, 0.15) is 0 Å². The maximum atomic E-state index is 11.2. The molecule has 0 aliphatic carbocycles. The second kappa shape index (κ2) is 6.26. The van der Waals surface area contributed by atoms with Crippen molar-refractivity contribution in [1.82, 2.24) is 15.2 Å². The molecule has 2 N–H and O–H groups in total. The van der Waals surface area contributed by atoms with Gasteiger partial charge in [-0.05, 0) is 25.9 Å². The molecule has 0 spiro atoms. The van der Waals surface area contributed by atoms with Crippen LogP contribution in [0.25, 0.3) is 0 Å². The summed E-state index contributed by atoms with van der Waals surface area (Å²) < 4.78 is 0. The molecular formula is C12H19N3O2S. The first-order valence-corrected chi connectivity index (χ1v) is 7.17. The van der Waals surface area contributed by atoms with E-state index < -0.39 is 5.97 Å². The van der Waals surface area contributed by atoms with Crippen LogP contribution >= 0.6 is 11.3 Å². The topological polar surface area (TPSA) is 65.5 Å². The molecule has 0 amide bonds. The minimum Gasteiger partial charge on any atom is -0.476 e. The lowest BCUT2D eigenvalue weighted by Crippen LogP contribution is -2.27. The molecule has 6 heteroatoms. The number of thiazole rings is 1. The lowest BCUT2D eigenvalue weighted by molar-refractivity contribution is 0.0689. The van der Waals surface area contributed by atoms with Crippen LogP contribution in [0, 0.1) is 0 Å². The fraction of sp³-hybridized carbons (Fsp3) is 0.667. The monoisotopic (exact) mass is 269 g/mol. The Labute approximate surface area is 111 Å². The maximum Gasteiger partial charge on any atom is 0.355 e. The first kappa shape index (κ1) is 13.5. The molecule has 100 valence electrons. The minimum atomic E-state index is -0.908. The summed E-state index contributed by atoms with van der Waals surface area (Å²) >= 11 is 1.53. The second-order valence-electron chi connectivity index (χ2n) is 4.42. The maximum absolute atomic E-state index is 11.2. The number of nitrogens with one attached hydrogen (secondary N) is 1. The lowest BCUT2D eigenvalue weighted by atomic mass is 10.3. The van der Waals surface area contributed by atoms with Crippen LogP contribution < -0.4 is 5.32 Å². The molecule has 18 heavy (non-hydrogen) atoms. The van der Waals surface area contributed by atoms with Crippen LogP contribution in [0.15, 0.2) is 0 Å². The van der Waals surface area contributed by atoms with E-state index in [0.717, 1.165) is 48.9 Å². The molecule has 0 saturated carbocycles. The number of aromatic carboxylic acids is 1. The molecule has 0 atom stereocenters. The van der Waals surface area contributed by atoms with Gasteiger partial charge < -0.3 is 10.4 Å². The van der Waals surface area contributed by atoms with E-state index in [1.807, 2.05) is 6.92 Å². The third kappa shape index (κ3) is 3.28. The van der Waals surface area contributed by atoms with Crippen molar-refractivity contribution in [2.24, 2.45) is 0 Å². The third-order valence-corrected chi connectivity index (χ3v) is 4.23. The largest absolute Gasteiger partial charge is 0.476 e. The van der Waals surface area contributed by atoms with E-state index in [1.165, 1.54) is 11.3 Å². The quantitative estimate of drug-likeness (QED) is 0.860. The van der Waals surface area contributed by atoms with Gasteiger partial charge in [0.25, 0.3) is 0 Å². The van der Waals surface area contributed by atoms with Crippen molar-refractivity contribution >= 4 is 17.3 Å². The molecule has 1 saturated heterocycles. The summed E-state index contributed by atoms with van der Waals surface area (Å²) in [7, 11) is 0. The smallest absolute Gasteiger partial charge is 0.355 e. The molecule has 0 radical (unpaired) electrons. The average molecular weight is 269 g/mol. The number of carboxylic acids is 1. The van der Waals surface area contributed by atoms with E-state index in [-0.39, 0.29) is 5.69 Å². The van der Waals surface area contributed by atoms with E-state index >= 15 is 0 Å². The zero-order valence-electron chi connectivity index (χ0n) is 10.6. The molecule has 1 aliphatic rings. The first-order valence-electron chi connectivity index (χ1n) is 6.35. The highest BCUT2D eigenvalue weighted by Gasteiger charge is 2.19. The van der Waals surface area contributed by atoms with Crippen LogP contribution in [-0.2, 0) is 13.0 Å². The Kier molecular flexibility index (Phi) is 4.68. The van der Waals surface area contributed by atoms with Gasteiger partial charge in [0.15, 0.2) is 5.69 Å². The van der Waals surface area contributed by atoms with Crippen LogP contribution in [0.3, 0.4) is 0 Å². The highest BCUT2D eigenvalue weighted by Crippen LogP contribution is 2.21. The zero-order valence-corrected chi connectivity index (χ0v) is 11.4. The lowest BCUT2D eigenvalue weighted by Gasteiger charge is -2.18. The number of hydrogen-bond acceptors (Lipinski definition) is 5. The molecule has 2 rings (SSSR count). The number of aromatic nitrogens is 1. The molecule has 0 unspecified atom stereocenters. The predicted molar refractivity (Wildman–Crippen MR) is 71.2 cm³/mol. The number of rotatable bonds is 4. The summed E-state index contributed by atoms with van der Waals surface area (Å²) in [4.78, 5) is 18.6. The van der Waals surface area contributed by atoms with E-state index in [2.05, 4.69) is 15.2 Å². The Morgan fingerprint density at radius 2 is 2.33 bits per heavy atom. The highest BCUT2D eigenvalue weighted by atomic mass is 32.1. The van der Waals surface area contributed by atoms with Gasteiger partial charge in [0.2, 0.25) is 0 Å². The van der Waals surface area contributed by atoms with Crippen molar-refractivity contribution in [2.45, 2.75) is 26.3 Å². The molecule has 0 aromatic carbocycles. The predicted octanol–water partition coefficient (Wildman–Crippen LogP) is 1.20. The Hall–Kier alpha value is -0.980. The molecule has 1 aromatic heterocycles. The SMILES string of the molecule is CCc1nc(C(=O)O)c(CN2CCCNCC2)s1. The molecule has 0 bridgehead atoms. The Bertz CT molecular complexity index is 411.